The van der Waals surface area contributed by atoms with Crippen LogP contribution in [0.3, 0.4) is 0 Å². The van der Waals surface area contributed by atoms with Crippen LogP contribution in [0.2, 0.25) is 0 Å². The van der Waals surface area contributed by atoms with Crippen molar-refractivity contribution >= 4 is 15.8 Å². The van der Waals surface area contributed by atoms with Crippen LogP contribution in [0.25, 0.3) is 0 Å². The fourth-order valence-corrected chi connectivity index (χ4v) is 14.6. The van der Waals surface area contributed by atoms with E-state index in [1.54, 1.807) is 12.2 Å². The number of hydrogen-bond acceptors (Lipinski definition) is 0. The topological polar surface area (TPSA) is 0 Å². The zero-order valence-corrected chi connectivity index (χ0v) is 26.9. The van der Waals surface area contributed by atoms with Crippen molar-refractivity contribution in [3.05, 3.63) is 24.3 Å². The molecule has 0 aromatic heterocycles. The normalized spacial score (nSPS) is 23.5. The molecule has 0 unspecified atom stereocenters. The van der Waals surface area contributed by atoms with Gasteiger partial charge in [-0.25, -0.2) is 8.78 Å². The predicted molar refractivity (Wildman–Crippen MR) is 161 cm³/mol. The van der Waals surface area contributed by atoms with E-state index in [0.717, 1.165) is 22.6 Å². The Morgan fingerprint density at radius 2 is 0.649 bits per heavy atom. The van der Waals surface area contributed by atoms with Gasteiger partial charge in [0.05, 0.1) is 0 Å². The van der Waals surface area contributed by atoms with E-state index in [1.807, 2.05) is 0 Å². The summed E-state index contributed by atoms with van der Waals surface area (Å²) in [6.45, 7) is -0.559. The Balaban J connectivity index is 0.000000253. The van der Waals surface area contributed by atoms with Crippen LogP contribution in [0.15, 0.2) is 24.3 Å². The van der Waals surface area contributed by atoms with Gasteiger partial charge in [0.2, 0.25) is 0 Å². The quantitative estimate of drug-likeness (QED) is 0.126. The van der Waals surface area contributed by atoms with Crippen LogP contribution >= 0.6 is 15.8 Å². The number of alkyl halides is 2. The molecule has 0 heterocycles. The molecule has 5 heteroatoms. The summed E-state index contributed by atoms with van der Waals surface area (Å²) in [5.74, 6) is 0. The Bertz CT molecular complexity index is 502. The monoisotopic (exact) mass is 646 g/mol. The molecule has 218 valence electrons. The van der Waals surface area contributed by atoms with Gasteiger partial charge < -0.3 is 0 Å². The molecule has 4 aliphatic rings. The molecular formula is C32H56F2P2Pd. The third-order valence-electron chi connectivity index (χ3n) is 9.32. The molecule has 0 N–H and O–H groups in total. The van der Waals surface area contributed by atoms with Crippen molar-refractivity contribution in [2.45, 2.75) is 151 Å². The number of hydrogen-bond donors (Lipinski definition) is 0. The van der Waals surface area contributed by atoms with Gasteiger partial charge in [0, 0.05) is 20.4 Å². The fourth-order valence-electron chi connectivity index (χ4n) is 7.36. The Hall–Kier alpha value is 0.862. The molecule has 37 heavy (non-hydrogen) atoms. The minimum absolute atomic E-state index is 0. The van der Waals surface area contributed by atoms with E-state index < -0.39 is 0 Å². The minimum atomic E-state index is -0.279. The standard InChI is InChI=1S/2C16H28FP.Pd/c2*17-13-7-8-14-18(15-9-3-1-4-10-15)16-11-5-2-6-12-16;/h2*7-8,15-16H,1-6,9-14H2;. The Morgan fingerprint density at radius 3 is 0.865 bits per heavy atom. The second kappa shape index (κ2) is 21.6. The van der Waals surface area contributed by atoms with E-state index in [4.69, 9.17) is 0 Å². The first-order valence-corrected chi connectivity index (χ1v) is 19.1. The van der Waals surface area contributed by atoms with Crippen molar-refractivity contribution < 1.29 is 29.2 Å². The van der Waals surface area contributed by atoms with Crippen molar-refractivity contribution in [1.29, 1.82) is 0 Å². The van der Waals surface area contributed by atoms with Gasteiger partial charge >= 0.3 is 0 Å². The molecule has 0 atom stereocenters. The van der Waals surface area contributed by atoms with Gasteiger partial charge in [-0.1, -0.05) is 117 Å². The molecule has 4 saturated carbocycles. The molecule has 0 aromatic carbocycles. The van der Waals surface area contributed by atoms with E-state index >= 15 is 0 Å². The smallest absolute Gasteiger partial charge is 0.108 e. The molecule has 0 spiro atoms. The van der Waals surface area contributed by atoms with Crippen molar-refractivity contribution in [2.75, 3.05) is 25.7 Å². The largest absolute Gasteiger partial charge is 0.247 e. The van der Waals surface area contributed by atoms with Gasteiger partial charge in [-0.05, 0) is 86.3 Å². The SMILES string of the molecule is FCC=CCP(C1CCCCC1)C1CCCCC1.FCC=CCP(C1CCCCC1)C1CCCCC1.[Pd]. The van der Waals surface area contributed by atoms with Gasteiger partial charge in [-0.3, -0.25) is 0 Å². The summed E-state index contributed by atoms with van der Waals surface area (Å²) in [7, 11) is 0.276. The Morgan fingerprint density at radius 1 is 0.405 bits per heavy atom. The average molecular weight is 647 g/mol. The zero-order chi connectivity index (χ0) is 25.3. The van der Waals surface area contributed by atoms with Gasteiger partial charge in [0.15, 0.2) is 0 Å². The molecular weight excluding hydrogens is 591 g/mol. The molecule has 0 bridgehead atoms. The minimum Gasteiger partial charge on any atom is -0.247 e. The van der Waals surface area contributed by atoms with Crippen LogP contribution in [-0.2, 0) is 20.4 Å². The second-order valence-corrected chi connectivity index (χ2v) is 17.5. The summed E-state index contributed by atoms with van der Waals surface area (Å²) in [6, 6.07) is 0. The number of rotatable bonds is 10. The zero-order valence-electron chi connectivity index (χ0n) is 23.6. The average Bonchev–Trinajstić information content (AvgIpc) is 2.96. The van der Waals surface area contributed by atoms with Crippen LogP contribution in [0, 0.1) is 0 Å². The first-order chi connectivity index (χ1) is 17.8. The van der Waals surface area contributed by atoms with Crippen LogP contribution in [0.5, 0.6) is 0 Å². The van der Waals surface area contributed by atoms with E-state index in [0.29, 0.717) is 0 Å². The second-order valence-electron chi connectivity index (χ2n) is 11.8. The van der Waals surface area contributed by atoms with Crippen LogP contribution < -0.4 is 0 Å². The van der Waals surface area contributed by atoms with E-state index in [2.05, 4.69) is 12.2 Å². The molecule has 0 nitrogen and oxygen atoms in total. The molecule has 0 amide bonds. The third-order valence-corrected chi connectivity index (χ3v) is 16.4. The first-order valence-electron chi connectivity index (χ1n) is 15.8. The van der Waals surface area contributed by atoms with Crippen LogP contribution in [-0.4, -0.2) is 48.3 Å². The molecule has 4 rings (SSSR count). The maximum Gasteiger partial charge on any atom is 0.108 e. The van der Waals surface area contributed by atoms with Gasteiger partial charge in [-0.15, -0.1) is 0 Å². The van der Waals surface area contributed by atoms with E-state index in [9.17, 15) is 8.78 Å². The molecule has 0 saturated heterocycles. The Labute approximate surface area is 245 Å². The van der Waals surface area contributed by atoms with Gasteiger partial charge in [0.1, 0.15) is 13.3 Å². The van der Waals surface area contributed by atoms with Crippen LogP contribution in [0.1, 0.15) is 128 Å². The number of halogens is 2. The van der Waals surface area contributed by atoms with Crippen molar-refractivity contribution in [2.24, 2.45) is 0 Å². The van der Waals surface area contributed by atoms with Crippen LogP contribution in [0.4, 0.5) is 8.78 Å². The summed E-state index contributed by atoms with van der Waals surface area (Å²) in [6.07, 6.45) is 39.3. The van der Waals surface area contributed by atoms with E-state index in [-0.39, 0.29) is 49.6 Å². The molecule has 0 radical (unpaired) electrons. The van der Waals surface area contributed by atoms with Crippen molar-refractivity contribution in [3.63, 3.8) is 0 Å². The molecule has 4 aliphatic carbocycles. The van der Waals surface area contributed by atoms with Gasteiger partial charge in [-0.2, -0.15) is 0 Å². The van der Waals surface area contributed by atoms with E-state index in [1.165, 1.54) is 141 Å². The fraction of sp³-hybridized carbons (Fsp3) is 0.875. The molecule has 0 aromatic rings. The van der Waals surface area contributed by atoms with Crippen molar-refractivity contribution in [1.82, 2.24) is 0 Å². The maximum absolute atomic E-state index is 12.2. The maximum atomic E-state index is 12.2. The molecule has 0 aliphatic heterocycles. The summed E-state index contributed by atoms with van der Waals surface area (Å²) in [5, 5.41) is 0. The third kappa shape index (κ3) is 12.9. The number of allylic oxidation sites excluding steroid dienone is 4. The predicted octanol–water partition coefficient (Wildman–Crippen LogP) is 11.3. The summed E-state index contributed by atoms with van der Waals surface area (Å²) in [4.78, 5) is 0. The first kappa shape index (κ1) is 34.1. The summed E-state index contributed by atoms with van der Waals surface area (Å²) < 4.78 is 24.5. The Kier molecular flexibility index (Phi) is 19.9. The summed E-state index contributed by atoms with van der Waals surface area (Å²) in [5.41, 5.74) is 4.00. The molecule has 4 fully saturated rings. The van der Waals surface area contributed by atoms with Crippen molar-refractivity contribution in [3.8, 4) is 0 Å². The van der Waals surface area contributed by atoms with Gasteiger partial charge in [0.25, 0.3) is 0 Å². The summed E-state index contributed by atoms with van der Waals surface area (Å²) >= 11 is 0.